The normalized spacial score (nSPS) is 11.9. The van der Waals surface area contributed by atoms with Gasteiger partial charge in [-0.1, -0.05) is 121 Å². The Morgan fingerprint density at radius 1 is 0.730 bits per heavy atom. The van der Waals surface area contributed by atoms with Crippen LogP contribution in [0.1, 0.15) is 22.3 Å². The average molecular weight is 496 g/mol. The SMILES string of the molecule is CN(C(=O)OCc1ccccc1)C(COC(c1ccccc1)(c1ccccc1)c1ccccc1)C(=O)O. The summed E-state index contributed by atoms with van der Waals surface area (Å²) in [6.07, 6.45) is -0.746. The minimum atomic E-state index is -1.28. The number of likely N-dealkylation sites (N-methyl/N-ethyl adjacent to an activating group) is 1. The van der Waals surface area contributed by atoms with E-state index in [4.69, 9.17) is 9.47 Å². The van der Waals surface area contributed by atoms with Crippen LogP contribution in [0.4, 0.5) is 4.79 Å². The summed E-state index contributed by atoms with van der Waals surface area (Å²) in [7, 11) is 1.41. The molecule has 0 aromatic heterocycles. The zero-order chi connectivity index (χ0) is 26.1. The number of aliphatic carboxylic acids is 1. The van der Waals surface area contributed by atoms with E-state index in [-0.39, 0.29) is 13.2 Å². The van der Waals surface area contributed by atoms with Crippen LogP contribution in [0.5, 0.6) is 0 Å². The summed E-state index contributed by atoms with van der Waals surface area (Å²) >= 11 is 0. The number of benzene rings is 4. The lowest BCUT2D eigenvalue weighted by atomic mass is 9.80. The molecule has 0 heterocycles. The van der Waals surface area contributed by atoms with E-state index in [0.29, 0.717) is 0 Å². The minimum Gasteiger partial charge on any atom is -0.480 e. The molecule has 0 aliphatic rings. The number of carbonyl (C=O) groups is 2. The van der Waals surface area contributed by atoms with Gasteiger partial charge >= 0.3 is 12.1 Å². The Bertz CT molecular complexity index is 1180. The standard InChI is InChI=1S/C31H29NO5/c1-32(30(35)36-22-24-14-6-2-7-15-24)28(29(33)34)23-37-31(25-16-8-3-9-17-25,26-18-10-4-11-19-26)27-20-12-5-13-21-27/h2-21,28H,22-23H2,1H3,(H,33,34). The number of nitrogens with zero attached hydrogens (tertiary/aromatic N) is 1. The molecule has 0 spiro atoms. The Kier molecular flexibility index (Phi) is 8.33. The number of hydrogen-bond donors (Lipinski definition) is 1. The van der Waals surface area contributed by atoms with Crippen LogP contribution < -0.4 is 0 Å². The van der Waals surface area contributed by atoms with Crippen LogP contribution in [0.15, 0.2) is 121 Å². The molecule has 6 nitrogen and oxygen atoms in total. The maximum absolute atomic E-state index is 12.8. The zero-order valence-electron chi connectivity index (χ0n) is 20.6. The van der Waals surface area contributed by atoms with Crippen molar-refractivity contribution in [1.29, 1.82) is 0 Å². The van der Waals surface area contributed by atoms with Crippen molar-refractivity contribution in [3.8, 4) is 0 Å². The third-order valence-electron chi connectivity index (χ3n) is 6.24. The van der Waals surface area contributed by atoms with Crippen molar-refractivity contribution in [3.05, 3.63) is 144 Å². The van der Waals surface area contributed by atoms with E-state index >= 15 is 0 Å². The highest BCUT2D eigenvalue weighted by Crippen LogP contribution is 2.40. The van der Waals surface area contributed by atoms with Crippen LogP contribution in [0.25, 0.3) is 0 Å². The number of ether oxygens (including phenoxy) is 2. The molecule has 1 unspecified atom stereocenters. The lowest BCUT2D eigenvalue weighted by Gasteiger charge is -2.37. The quantitative estimate of drug-likeness (QED) is 0.285. The smallest absolute Gasteiger partial charge is 0.410 e. The first kappa shape index (κ1) is 25.7. The van der Waals surface area contributed by atoms with E-state index in [1.165, 1.54) is 7.05 Å². The molecule has 6 heteroatoms. The fourth-order valence-corrected chi connectivity index (χ4v) is 4.27. The first-order valence-electron chi connectivity index (χ1n) is 12.0. The number of carboxylic acid groups (broad SMARTS) is 1. The number of amides is 1. The van der Waals surface area contributed by atoms with Gasteiger partial charge in [-0.05, 0) is 22.3 Å². The second kappa shape index (κ2) is 12.0. The molecule has 0 bridgehead atoms. The van der Waals surface area contributed by atoms with Crippen molar-refractivity contribution in [2.24, 2.45) is 0 Å². The molecular weight excluding hydrogens is 466 g/mol. The Labute approximate surface area is 216 Å². The molecule has 0 saturated carbocycles. The lowest BCUT2D eigenvalue weighted by molar-refractivity contribution is -0.146. The van der Waals surface area contributed by atoms with Crippen molar-refractivity contribution < 1.29 is 24.2 Å². The zero-order valence-corrected chi connectivity index (χ0v) is 20.6. The largest absolute Gasteiger partial charge is 0.480 e. The number of rotatable bonds is 10. The van der Waals surface area contributed by atoms with Crippen LogP contribution in [-0.2, 0) is 26.5 Å². The van der Waals surface area contributed by atoms with Gasteiger partial charge in [0, 0.05) is 7.05 Å². The number of carbonyl (C=O) groups excluding carboxylic acids is 1. The summed E-state index contributed by atoms with van der Waals surface area (Å²) in [4.78, 5) is 26.2. The van der Waals surface area contributed by atoms with E-state index in [1.807, 2.05) is 121 Å². The van der Waals surface area contributed by atoms with Gasteiger partial charge in [0.25, 0.3) is 0 Å². The Balaban J connectivity index is 1.65. The second-order valence-electron chi connectivity index (χ2n) is 8.60. The van der Waals surface area contributed by atoms with Gasteiger partial charge in [0.2, 0.25) is 0 Å². The van der Waals surface area contributed by atoms with Crippen molar-refractivity contribution in [3.63, 3.8) is 0 Å². The summed E-state index contributed by atoms with van der Waals surface area (Å²) in [6, 6.07) is 36.9. The van der Waals surface area contributed by atoms with E-state index < -0.39 is 23.7 Å². The molecule has 1 amide bonds. The topological polar surface area (TPSA) is 76.1 Å². The van der Waals surface area contributed by atoms with Crippen molar-refractivity contribution >= 4 is 12.1 Å². The molecule has 37 heavy (non-hydrogen) atoms. The lowest BCUT2D eigenvalue weighted by Crippen LogP contribution is -2.47. The van der Waals surface area contributed by atoms with Crippen LogP contribution in [0.3, 0.4) is 0 Å². The number of carboxylic acids is 1. The molecule has 4 aromatic carbocycles. The van der Waals surface area contributed by atoms with Gasteiger partial charge in [0.15, 0.2) is 6.04 Å². The van der Waals surface area contributed by atoms with Gasteiger partial charge in [-0.3, -0.25) is 4.90 Å². The number of hydrogen-bond acceptors (Lipinski definition) is 4. The molecule has 4 rings (SSSR count). The summed E-state index contributed by atoms with van der Waals surface area (Å²) in [5.74, 6) is -1.19. The predicted octanol–water partition coefficient (Wildman–Crippen LogP) is 5.72. The molecule has 0 aliphatic carbocycles. The molecular formula is C31H29NO5. The van der Waals surface area contributed by atoms with Gasteiger partial charge in [-0.15, -0.1) is 0 Å². The summed E-state index contributed by atoms with van der Waals surface area (Å²) in [5, 5.41) is 10.1. The molecule has 4 aromatic rings. The molecule has 1 atom stereocenters. The fraction of sp³-hybridized carbons (Fsp3) is 0.161. The first-order valence-corrected chi connectivity index (χ1v) is 12.0. The van der Waals surface area contributed by atoms with Crippen LogP contribution in [0, 0.1) is 0 Å². The van der Waals surface area contributed by atoms with E-state index in [2.05, 4.69) is 0 Å². The predicted molar refractivity (Wildman–Crippen MR) is 141 cm³/mol. The van der Waals surface area contributed by atoms with Crippen molar-refractivity contribution in [2.75, 3.05) is 13.7 Å². The van der Waals surface area contributed by atoms with E-state index in [0.717, 1.165) is 27.2 Å². The highest BCUT2D eigenvalue weighted by molar-refractivity contribution is 5.80. The second-order valence-corrected chi connectivity index (χ2v) is 8.60. The monoisotopic (exact) mass is 495 g/mol. The highest BCUT2D eigenvalue weighted by Gasteiger charge is 2.40. The van der Waals surface area contributed by atoms with Gasteiger partial charge in [-0.25, -0.2) is 9.59 Å². The molecule has 0 aliphatic heterocycles. The van der Waals surface area contributed by atoms with E-state index in [1.54, 1.807) is 0 Å². The molecule has 1 N–H and O–H groups in total. The first-order chi connectivity index (χ1) is 18.0. The Morgan fingerprint density at radius 3 is 1.54 bits per heavy atom. The molecule has 188 valence electrons. The summed E-state index contributed by atoms with van der Waals surface area (Å²) in [5.41, 5.74) is 2.22. The van der Waals surface area contributed by atoms with Crippen molar-refractivity contribution in [2.45, 2.75) is 18.2 Å². The molecule has 0 saturated heterocycles. The summed E-state index contributed by atoms with van der Waals surface area (Å²) < 4.78 is 12.0. The van der Waals surface area contributed by atoms with Gasteiger partial charge in [0.1, 0.15) is 12.2 Å². The van der Waals surface area contributed by atoms with E-state index in [9.17, 15) is 14.7 Å². The van der Waals surface area contributed by atoms with Crippen LogP contribution in [-0.4, -0.2) is 41.8 Å². The average Bonchev–Trinajstić information content (AvgIpc) is 2.95. The maximum Gasteiger partial charge on any atom is 0.410 e. The Morgan fingerprint density at radius 2 is 1.14 bits per heavy atom. The fourth-order valence-electron chi connectivity index (χ4n) is 4.27. The third-order valence-corrected chi connectivity index (χ3v) is 6.24. The van der Waals surface area contributed by atoms with Crippen molar-refractivity contribution in [1.82, 2.24) is 4.90 Å². The van der Waals surface area contributed by atoms with Gasteiger partial charge in [-0.2, -0.15) is 0 Å². The Hall–Kier alpha value is -4.42. The summed E-state index contributed by atoms with van der Waals surface area (Å²) in [6.45, 7) is -0.232. The minimum absolute atomic E-state index is 0.0409. The highest BCUT2D eigenvalue weighted by atomic mass is 16.6. The maximum atomic E-state index is 12.8. The van der Waals surface area contributed by atoms with Crippen LogP contribution >= 0.6 is 0 Å². The van der Waals surface area contributed by atoms with Gasteiger partial charge < -0.3 is 14.6 Å². The third kappa shape index (κ3) is 5.88. The molecule has 0 radical (unpaired) electrons. The van der Waals surface area contributed by atoms with Crippen LogP contribution in [0.2, 0.25) is 0 Å². The van der Waals surface area contributed by atoms with Gasteiger partial charge in [0.05, 0.1) is 6.61 Å². The molecule has 0 fully saturated rings.